The molecule has 110 valence electrons. The van der Waals surface area contributed by atoms with Crippen LogP contribution in [0.4, 0.5) is 4.39 Å². The van der Waals surface area contributed by atoms with Gasteiger partial charge in [0.05, 0.1) is 0 Å². The minimum absolute atomic E-state index is 0.140. The molecule has 2 aromatic carbocycles. The lowest BCUT2D eigenvalue weighted by molar-refractivity contribution is 0.242. The van der Waals surface area contributed by atoms with Crippen LogP contribution in [-0.4, -0.2) is 10.9 Å². The molecule has 2 aromatic rings. The van der Waals surface area contributed by atoms with Crippen molar-refractivity contribution < 1.29 is 4.39 Å². The summed E-state index contributed by atoms with van der Waals surface area (Å²) in [5, 5.41) is 0. The average molecular weight is 284 g/mol. The molecule has 0 amide bonds. The summed E-state index contributed by atoms with van der Waals surface area (Å²) in [6.07, 6.45) is 2.43. The molecule has 3 rings (SSSR count). The van der Waals surface area contributed by atoms with Crippen LogP contribution >= 0.6 is 0 Å². The Morgan fingerprint density at radius 1 is 0.952 bits per heavy atom. The van der Waals surface area contributed by atoms with Gasteiger partial charge in [0.25, 0.3) is 0 Å². The Bertz CT molecular complexity index is 593. The predicted molar refractivity (Wildman–Crippen MR) is 83.0 cm³/mol. The SMILES string of the molecule is NCc1cccc(CN(Cc2ccccc2)C2CC2)c1F. The summed E-state index contributed by atoms with van der Waals surface area (Å²) < 4.78 is 14.3. The fraction of sp³-hybridized carbons (Fsp3) is 0.333. The van der Waals surface area contributed by atoms with Gasteiger partial charge >= 0.3 is 0 Å². The van der Waals surface area contributed by atoms with Gasteiger partial charge in [0, 0.05) is 36.8 Å². The Morgan fingerprint density at radius 2 is 1.67 bits per heavy atom. The van der Waals surface area contributed by atoms with Gasteiger partial charge in [0.2, 0.25) is 0 Å². The van der Waals surface area contributed by atoms with Gasteiger partial charge in [0.1, 0.15) is 5.82 Å². The van der Waals surface area contributed by atoms with Crippen molar-refractivity contribution in [3.05, 3.63) is 71.0 Å². The molecule has 2 nitrogen and oxygen atoms in total. The van der Waals surface area contributed by atoms with Crippen molar-refractivity contribution in [3.8, 4) is 0 Å². The normalized spacial score (nSPS) is 14.6. The number of hydrogen-bond acceptors (Lipinski definition) is 2. The molecule has 1 aliphatic carbocycles. The lowest BCUT2D eigenvalue weighted by Crippen LogP contribution is -2.25. The zero-order chi connectivity index (χ0) is 14.7. The second-order valence-corrected chi connectivity index (χ2v) is 5.72. The van der Waals surface area contributed by atoms with Crippen LogP contribution in [0.1, 0.15) is 29.5 Å². The molecule has 0 saturated heterocycles. The average Bonchev–Trinajstić information content (AvgIpc) is 3.34. The molecule has 0 radical (unpaired) electrons. The van der Waals surface area contributed by atoms with E-state index in [1.165, 1.54) is 18.4 Å². The Labute approximate surface area is 125 Å². The maximum atomic E-state index is 14.3. The first-order valence-corrected chi connectivity index (χ1v) is 7.52. The molecule has 1 saturated carbocycles. The van der Waals surface area contributed by atoms with Crippen LogP contribution in [0.25, 0.3) is 0 Å². The van der Waals surface area contributed by atoms with Crippen LogP contribution in [-0.2, 0) is 19.6 Å². The molecule has 1 fully saturated rings. The fourth-order valence-electron chi connectivity index (χ4n) is 2.70. The van der Waals surface area contributed by atoms with E-state index in [0.29, 0.717) is 18.2 Å². The first kappa shape index (κ1) is 14.2. The van der Waals surface area contributed by atoms with Crippen molar-refractivity contribution in [3.63, 3.8) is 0 Å². The molecule has 21 heavy (non-hydrogen) atoms. The zero-order valence-corrected chi connectivity index (χ0v) is 12.1. The number of rotatable bonds is 6. The summed E-state index contributed by atoms with van der Waals surface area (Å²) in [7, 11) is 0. The van der Waals surface area contributed by atoms with E-state index in [-0.39, 0.29) is 12.4 Å². The van der Waals surface area contributed by atoms with Gasteiger partial charge in [-0.05, 0) is 18.4 Å². The summed E-state index contributed by atoms with van der Waals surface area (Å²) in [4.78, 5) is 2.37. The molecule has 0 atom stereocenters. The summed E-state index contributed by atoms with van der Waals surface area (Å²) in [5.74, 6) is -0.140. The van der Waals surface area contributed by atoms with Gasteiger partial charge in [-0.15, -0.1) is 0 Å². The van der Waals surface area contributed by atoms with Gasteiger partial charge < -0.3 is 5.73 Å². The number of nitrogens with two attached hydrogens (primary N) is 1. The third kappa shape index (κ3) is 3.49. The topological polar surface area (TPSA) is 29.3 Å². The summed E-state index contributed by atoms with van der Waals surface area (Å²) in [5.41, 5.74) is 8.22. The van der Waals surface area contributed by atoms with Crippen molar-refractivity contribution in [1.82, 2.24) is 4.90 Å². The second kappa shape index (κ2) is 6.37. The predicted octanol–water partition coefficient (Wildman–Crippen LogP) is 3.45. The maximum absolute atomic E-state index is 14.3. The van der Waals surface area contributed by atoms with E-state index in [1.807, 2.05) is 18.2 Å². The monoisotopic (exact) mass is 284 g/mol. The molecule has 0 spiro atoms. The van der Waals surface area contributed by atoms with E-state index < -0.39 is 0 Å². The van der Waals surface area contributed by atoms with Crippen LogP contribution < -0.4 is 5.73 Å². The summed E-state index contributed by atoms with van der Waals surface area (Å²) in [6, 6.07) is 16.5. The van der Waals surface area contributed by atoms with E-state index in [1.54, 1.807) is 6.07 Å². The van der Waals surface area contributed by atoms with Crippen molar-refractivity contribution in [2.75, 3.05) is 0 Å². The smallest absolute Gasteiger partial charge is 0.132 e. The van der Waals surface area contributed by atoms with Crippen molar-refractivity contribution in [1.29, 1.82) is 0 Å². The molecule has 3 heteroatoms. The fourth-order valence-corrected chi connectivity index (χ4v) is 2.70. The minimum atomic E-state index is -0.140. The molecular weight excluding hydrogens is 263 g/mol. The third-order valence-electron chi connectivity index (χ3n) is 4.04. The molecule has 0 unspecified atom stereocenters. The van der Waals surface area contributed by atoms with Crippen molar-refractivity contribution >= 4 is 0 Å². The van der Waals surface area contributed by atoms with Gasteiger partial charge in [-0.1, -0.05) is 48.5 Å². The third-order valence-corrected chi connectivity index (χ3v) is 4.04. The Hall–Kier alpha value is -1.71. The van der Waals surface area contributed by atoms with E-state index in [2.05, 4.69) is 29.2 Å². The van der Waals surface area contributed by atoms with Crippen LogP contribution in [0, 0.1) is 5.82 Å². The Kier molecular flexibility index (Phi) is 4.32. The molecule has 0 heterocycles. The zero-order valence-electron chi connectivity index (χ0n) is 12.1. The highest BCUT2D eigenvalue weighted by molar-refractivity contribution is 5.26. The molecule has 0 bridgehead atoms. The first-order valence-electron chi connectivity index (χ1n) is 7.52. The number of halogens is 1. The highest BCUT2D eigenvalue weighted by Gasteiger charge is 2.29. The van der Waals surface area contributed by atoms with Gasteiger partial charge in [0.15, 0.2) is 0 Å². The lowest BCUT2D eigenvalue weighted by atomic mass is 10.1. The Morgan fingerprint density at radius 3 is 2.33 bits per heavy atom. The van der Waals surface area contributed by atoms with Crippen molar-refractivity contribution in [2.45, 2.75) is 38.5 Å². The molecular formula is C18H21FN2. The van der Waals surface area contributed by atoms with Crippen LogP contribution in [0.2, 0.25) is 0 Å². The summed E-state index contributed by atoms with van der Waals surface area (Å²) in [6.45, 7) is 1.78. The standard InChI is InChI=1S/C18H21FN2/c19-18-15(11-20)7-4-8-16(18)13-21(17-9-10-17)12-14-5-2-1-3-6-14/h1-8,17H,9-13,20H2. The number of nitrogens with zero attached hydrogens (tertiary/aromatic N) is 1. The van der Waals surface area contributed by atoms with Crippen LogP contribution in [0.3, 0.4) is 0 Å². The largest absolute Gasteiger partial charge is 0.326 e. The van der Waals surface area contributed by atoms with E-state index in [4.69, 9.17) is 5.73 Å². The first-order chi connectivity index (χ1) is 10.3. The van der Waals surface area contributed by atoms with Gasteiger partial charge in [-0.25, -0.2) is 4.39 Å². The van der Waals surface area contributed by atoms with E-state index in [0.717, 1.165) is 12.1 Å². The molecule has 1 aliphatic rings. The maximum Gasteiger partial charge on any atom is 0.132 e. The molecule has 0 aromatic heterocycles. The van der Waals surface area contributed by atoms with Crippen LogP contribution in [0.15, 0.2) is 48.5 Å². The minimum Gasteiger partial charge on any atom is -0.326 e. The number of benzene rings is 2. The number of hydrogen-bond donors (Lipinski definition) is 1. The highest BCUT2D eigenvalue weighted by atomic mass is 19.1. The summed E-state index contributed by atoms with van der Waals surface area (Å²) >= 11 is 0. The quantitative estimate of drug-likeness (QED) is 0.880. The Balaban J connectivity index is 1.77. The van der Waals surface area contributed by atoms with Crippen LogP contribution in [0.5, 0.6) is 0 Å². The van der Waals surface area contributed by atoms with Gasteiger partial charge in [-0.3, -0.25) is 4.90 Å². The highest BCUT2D eigenvalue weighted by Crippen LogP contribution is 2.30. The van der Waals surface area contributed by atoms with Crippen molar-refractivity contribution in [2.24, 2.45) is 5.73 Å². The molecule has 0 aliphatic heterocycles. The van der Waals surface area contributed by atoms with Gasteiger partial charge in [-0.2, -0.15) is 0 Å². The molecule has 2 N–H and O–H groups in total. The second-order valence-electron chi connectivity index (χ2n) is 5.72. The van der Waals surface area contributed by atoms with E-state index in [9.17, 15) is 4.39 Å². The lowest BCUT2D eigenvalue weighted by Gasteiger charge is -2.23. The van der Waals surface area contributed by atoms with E-state index >= 15 is 0 Å².